The summed E-state index contributed by atoms with van der Waals surface area (Å²) in [4.78, 5) is 53.5. The highest BCUT2D eigenvalue weighted by molar-refractivity contribution is 6.37. The van der Waals surface area contributed by atoms with E-state index < -0.39 is 41.4 Å². The largest absolute Gasteiger partial charge is 0.292 e. The van der Waals surface area contributed by atoms with Crippen molar-refractivity contribution < 1.29 is 19.2 Å². The summed E-state index contributed by atoms with van der Waals surface area (Å²) in [6.45, 7) is 1.47. The summed E-state index contributed by atoms with van der Waals surface area (Å²) in [7, 11) is 0. The lowest BCUT2D eigenvalue weighted by molar-refractivity contribution is -0.156. The predicted octanol–water partition coefficient (Wildman–Crippen LogP) is 5.23. The van der Waals surface area contributed by atoms with Crippen LogP contribution in [0.4, 0.5) is 0 Å². The zero-order valence-electron chi connectivity index (χ0n) is 17.5. The number of carbonyl (C=O) groups is 4. The van der Waals surface area contributed by atoms with Gasteiger partial charge in [0.1, 0.15) is 6.04 Å². The summed E-state index contributed by atoms with van der Waals surface area (Å²) < 4.78 is 0. The summed E-state index contributed by atoms with van der Waals surface area (Å²) in [5.74, 6) is -3.38. The number of amides is 3. The quantitative estimate of drug-likeness (QED) is 0.317. The molecular formula is C24H19Cl3N2O4. The molecule has 3 atom stereocenters. The maximum Gasteiger partial charge on any atom is 0.275 e. The van der Waals surface area contributed by atoms with Crippen LogP contribution in [-0.4, -0.2) is 39.6 Å². The number of benzene rings is 2. The van der Waals surface area contributed by atoms with Crippen LogP contribution in [0.5, 0.6) is 0 Å². The molecule has 0 unspecified atom stereocenters. The van der Waals surface area contributed by atoms with Crippen LogP contribution in [0.3, 0.4) is 0 Å². The fraction of sp³-hybridized carbons (Fsp3) is 0.250. The Labute approximate surface area is 205 Å². The van der Waals surface area contributed by atoms with Gasteiger partial charge < -0.3 is 0 Å². The van der Waals surface area contributed by atoms with Gasteiger partial charge in [0.25, 0.3) is 17.7 Å². The van der Waals surface area contributed by atoms with Gasteiger partial charge in [-0.05, 0) is 62.2 Å². The number of carbonyl (C=O) groups excluding carboxylic acids is 4. The molecule has 170 valence electrons. The number of imide groups is 1. The Morgan fingerprint density at radius 2 is 1.45 bits per heavy atom. The average molecular weight is 506 g/mol. The monoisotopic (exact) mass is 504 g/mol. The van der Waals surface area contributed by atoms with Crippen LogP contribution in [0.1, 0.15) is 40.5 Å². The van der Waals surface area contributed by atoms with Crippen molar-refractivity contribution in [1.82, 2.24) is 10.0 Å². The van der Waals surface area contributed by atoms with Crippen molar-refractivity contribution >= 4 is 58.3 Å². The molecule has 1 aliphatic carbocycles. The van der Waals surface area contributed by atoms with Crippen molar-refractivity contribution in [1.29, 1.82) is 0 Å². The number of halogens is 3. The van der Waals surface area contributed by atoms with Gasteiger partial charge in [-0.1, -0.05) is 47.0 Å². The molecule has 3 amide bonds. The molecule has 1 aliphatic heterocycles. The van der Waals surface area contributed by atoms with Gasteiger partial charge in [0.05, 0.1) is 22.4 Å². The van der Waals surface area contributed by atoms with E-state index in [-0.39, 0.29) is 16.1 Å². The molecule has 1 saturated heterocycles. The summed E-state index contributed by atoms with van der Waals surface area (Å²) in [6.07, 6.45) is 4.49. The lowest BCUT2D eigenvalue weighted by atomic mass is 9.85. The van der Waals surface area contributed by atoms with Crippen molar-refractivity contribution in [2.45, 2.75) is 25.8 Å². The van der Waals surface area contributed by atoms with Crippen molar-refractivity contribution in [3.05, 3.63) is 80.8 Å². The number of hydrogen-bond acceptors (Lipinski definition) is 4. The lowest BCUT2D eigenvalue weighted by Crippen LogP contribution is -2.56. The zero-order valence-corrected chi connectivity index (χ0v) is 19.8. The molecule has 6 nitrogen and oxygen atoms in total. The van der Waals surface area contributed by atoms with E-state index in [4.69, 9.17) is 34.8 Å². The Kier molecular flexibility index (Phi) is 6.61. The minimum absolute atomic E-state index is 0.0189. The van der Waals surface area contributed by atoms with E-state index in [0.29, 0.717) is 22.9 Å². The van der Waals surface area contributed by atoms with E-state index in [1.165, 1.54) is 37.3 Å². The Bertz CT molecular complexity index is 1150. The Hall–Kier alpha value is -2.67. The summed E-state index contributed by atoms with van der Waals surface area (Å²) in [5.41, 5.74) is 0.301. The van der Waals surface area contributed by atoms with Crippen molar-refractivity contribution in [2.75, 3.05) is 0 Å². The van der Waals surface area contributed by atoms with Gasteiger partial charge in [-0.3, -0.25) is 19.2 Å². The van der Waals surface area contributed by atoms with Crippen LogP contribution < -0.4 is 0 Å². The Morgan fingerprint density at radius 3 is 2.00 bits per heavy atom. The fourth-order valence-corrected chi connectivity index (χ4v) is 4.80. The normalized spacial score (nSPS) is 20.5. The highest BCUT2D eigenvalue weighted by Gasteiger charge is 2.52. The van der Waals surface area contributed by atoms with Crippen LogP contribution in [0.25, 0.3) is 0 Å². The number of ketones is 1. The first-order valence-electron chi connectivity index (χ1n) is 10.3. The number of hydrazine groups is 1. The van der Waals surface area contributed by atoms with Gasteiger partial charge in [0.15, 0.2) is 5.78 Å². The number of allylic oxidation sites excluding steroid dienone is 2. The third-order valence-electron chi connectivity index (χ3n) is 5.94. The average Bonchev–Trinajstić information content (AvgIpc) is 3.04. The van der Waals surface area contributed by atoms with Gasteiger partial charge in [0, 0.05) is 15.6 Å². The molecule has 4 rings (SSSR count). The number of fused-ring (bicyclic) bond motifs is 1. The van der Waals surface area contributed by atoms with Crippen LogP contribution in [0.2, 0.25) is 15.1 Å². The second kappa shape index (κ2) is 9.29. The maximum atomic E-state index is 13.7. The minimum atomic E-state index is -1.17. The number of rotatable bonds is 5. The second-order valence-electron chi connectivity index (χ2n) is 7.97. The fourth-order valence-electron chi connectivity index (χ4n) is 4.19. The maximum absolute atomic E-state index is 13.7. The second-order valence-corrected chi connectivity index (χ2v) is 9.25. The van der Waals surface area contributed by atoms with Crippen LogP contribution in [0.15, 0.2) is 54.6 Å². The van der Waals surface area contributed by atoms with Crippen molar-refractivity contribution in [3.63, 3.8) is 0 Å². The van der Waals surface area contributed by atoms with Crippen molar-refractivity contribution in [2.24, 2.45) is 11.8 Å². The molecule has 0 bridgehead atoms. The van der Waals surface area contributed by atoms with Gasteiger partial charge in [0.2, 0.25) is 0 Å². The van der Waals surface area contributed by atoms with Gasteiger partial charge in [-0.25, -0.2) is 5.01 Å². The van der Waals surface area contributed by atoms with Gasteiger partial charge >= 0.3 is 0 Å². The number of Topliss-reactive ketones (excluding diaryl/α,β-unsaturated/α-hetero) is 1. The molecule has 1 heterocycles. The standard InChI is InChI=1S/C24H19Cl3N2O4/c1-13(21(30)14-6-8-15(25)9-7-14)28(24(33)19-11-10-16(26)12-20(19)27)29-22(31)17-4-2-3-5-18(17)23(29)32/h2-3,6-13,17-18H,4-5H2,1H3/t13-,17-,18+/m1/s1. The zero-order chi connectivity index (χ0) is 23.9. The van der Waals surface area contributed by atoms with Crippen LogP contribution >= 0.6 is 34.8 Å². The highest BCUT2D eigenvalue weighted by Crippen LogP contribution is 2.37. The molecule has 1 fully saturated rings. The van der Waals surface area contributed by atoms with E-state index in [2.05, 4.69) is 0 Å². The van der Waals surface area contributed by atoms with E-state index in [0.717, 1.165) is 10.0 Å². The topological polar surface area (TPSA) is 74.8 Å². The van der Waals surface area contributed by atoms with E-state index in [1.807, 2.05) is 12.2 Å². The van der Waals surface area contributed by atoms with Crippen LogP contribution in [-0.2, 0) is 9.59 Å². The first-order chi connectivity index (χ1) is 15.7. The molecule has 2 aliphatic rings. The molecule has 2 aromatic rings. The smallest absolute Gasteiger partial charge is 0.275 e. The third kappa shape index (κ3) is 4.31. The minimum Gasteiger partial charge on any atom is -0.292 e. The highest BCUT2D eigenvalue weighted by atomic mass is 35.5. The van der Waals surface area contributed by atoms with Crippen molar-refractivity contribution in [3.8, 4) is 0 Å². The lowest BCUT2D eigenvalue weighted by Gasteiger charge is -2.35. The molecule has 2 aromatic carbocycles. The molecule has 0 spiro atoms. The first-order valence-corrected chi connectivity index (χ1v) is 11.4. The Balaban J connectivity index is 1.77. The SMILES string of the molecule is C[C@H](C(=O)c1ccc(Cl)cc1)N(C(=O)c1ccc(Cl)cc1Cl)N1C(=O)[C@H]2CC=CC[C@H]2C1=O. The molecule has 0 radical (unpaired) electrons. The molecule has 0 N–H and O–H groups in total. The van der Waals surface area contributed by atoms with E-state index in [9.17, 15) is 19.2 Å². The molecule has 0 saturated carbocycles. The predicted molar refractivity (Wildman–Crippen MR) is 125 cm³/mol. The number of hydrogen-bond donors (Lipinski definition) is 0. The molecule has 33 heavy (non-hydrogen) atoms. The summed E-state index contributed by atoms with van der Waals surface area (Å²) >= 11 is 18.1. The molecule has 0 aromatic heterocycles. The van der Waals surface area contributed by atoms with E-state index in [1.54, 1.807) is 12.1 Å². The Morgan fingerprint density at radius 1 is 0.909 bits per heavy atom. The summed E-state index contributed by atoms with van der Waals surface area (Å²) in [5, 5.41) is 2.56. The van der Waals surface area contributed by atoms with Crippen LogP contribution in [0, 0.1) is 11.8 Å². The first kappa shape index (κ1) is 23.5. The third-order valence-corrected chi connectivity index (χ3v) is 6.74. The summed E-state index contributed by atoms with van der Waals surface area (Å²) in [6, 6.07) is 9.24. The van der Waals surface area contributed by atoms with Gasteiger partial charge in [-0.2, -0.15) is 5.01 Å². The van der Waals surface area contributed by atoms with E-state index >= 15 is 0 Å². The van der Waals surface area contributed by atoms with Gasteiger partial charge in [-0.15, -0.1) is 0 Å². The molecule has 9 heteroatoms. The molecular weight excluding hydrogens is 487 g/mol. The number of nitrogens with zero attached hydrogens (tertiary/aromatic N) is 2.